The SMILES string of the molecule is CCc1c(C(=O)Nc2cccc(-n3nnnc3C)c2)cnn1-c1ccccc1. The molecule has 0 bridgehead atoms. The topological polar surface area (TPSA) is 90.5 Å². The van der Waals surface area contributed by atoms with Crippen molar-refractivity contribution < 1.29 is 4.79 Å². The van der Waals surface area contributed by atoms with E-state index in [-0.39, 0.29) is 5.91 Å². The van der Waals surface area contributed by atoms with E-state index < -0.39 is 0 Å². The first-order valence-electron chi connectivity index (χ1n) is 8.96. The van der Waals surface area contributed by atoms with Gasteiger partial charge in [-0.2, -0.15) is 9.78 Å². The lowest BCUT2D eigenvalue weighted by Crippen LogP contribution is -2.14. The van der Waals surface area contributed by atoms with Crippen molar-refractivity contribution in [3.05, 3.63) is 77.9 Å². The maximum atomic E-state index is 12.9. The second kappa shape index (κ2) is 7.43. The lowest BCUT2D eigenvalue weighted by molar-refractivity contribution is 0.102. The molecule has 1 N–H and O–H groups in total. The van der Waals surface area contributed by atoms with Crippen molar-refractivity contribution in [2.45, 2.75) is 20.3 Å². The molecule has 0 spiro atoms. The van der Waals surface area contributed by atoms with Gasteiger partial charge in [0, 0.05) is 5.69 Å². The molecule has 0 radical (unpaired) electrons. The summed E-state index contributed by atoms with van der Waals surface area (Å²) in [6.45, 7) is 3.82. The van der Waals surface area contributed by atoms with Gasteiger partial charge in [-0.1, -0.05) is 31.2 Å². The molecular weight excluding hydrogens is 354 g/mol. The zero-order valence-electron chi connectivity index (χ0n) is 15.6. The minimum atomic E-state index is -0.204. The fourth-order valence-electron chi connectivity index (χ4n) is 3.08. The van der Waals surface area contributed by atoms with Crippen LogP contribution in [0.2, 0.25) is 0 Å². The second-order valence-corrected chi connectivity index (χ2v) is 6.25. The summed E-state index contributed by atoms with van der Waals surface area (Å²) < 4.78 is 3.41. The van der Waals surface area contributed by atoms with E-state index in [1.165, 1.54) is 0 Å². The molecule has 0 saturated heterocycles. The Morgan fingerprint density at radius 3 is 2.54 bits per heavy atom. The Bertz CT molecular complexity index is 1110. The van der Waals surface area contributed by atoms with E-state index in [0.717, 1.165) is 17.1 Å². The Labute approximate surface area is 161 Å². The molecule has 2 aromatic heterocycles. The first-order valence-corrected chi connectivity index (χ1v) is 8.96. The first kappa shape index (κ1) is 17.6. The van der Waals surface area contributed by atoms with Gasteiger partial charge in [0.25, 0.3) is 5.91 Å². The van der Waals surface area contributed by atoms with Gasteiger partial charge in [-0.25, -0.2) is 4.68 Å². The summed E-state index contributed by atoms with van der Waals surface area (Å²) in [6, 6.07) is 17.2. The van der Waals surface area contributed by atoms with Gasteiger partial charge in [-0.3, -0.25) is 4.79 Å². The first-order chi connectivity index (χ1) is 13.7. The second-order valence-electron chi connectivity index (χ2n) is 6.25. The van der Waals surface area contributed by atoms with Gasteiger partial charge in [-0.05, 0) is 54.1 Å². The van der Waals surface area contributed by atoms with Crippen LogP contribution in [0.3, 0.4) is 0 Å². The third kappa shape index (κ3) is 3.27. The standard InChI is InChI=1S/C20H19N7O/c1-3-19-18(13-21-27(19)16-9-5-4-6-10-16)20(28)22-15-8-7-11-17(12-15)26-14(2)23-24-25-26/h4-13H,3H2,1-2H3,(H,22,28). The Hall–Kier alpha value is -3.81. The summed E-state index contributed by atoms with van der Waals surface area (Å²) in [7, 11) is 0. The van der Waals surface area contributed by atoms with Crippen LogP contribution in [-0.4, -0.2) is 35.9 Å². The van der Waals surface area contributed by atoms with Crippen molar-refractivity contribution in [3.63, 3.8) is 0 Å². The highest BCUT2D eigenvalue weighted by Crippen LogP contribution is 2.19. The highest BCUT2D eigenvalue weighted by molar-refractivity contribution is 6.05. The van der Waals surface area contributed by atoms with Crippen LogP contribution in [0.5, 0.6) is 0 Å². The van der Waals surface area contributed by atoms with Crippen molar-refractivity contribution in [1.29, 1.82) is 0 Å². The Morgan fingerprint density at radius 1 is 1.04 bits per heavy atom. The molecule has 4 rings (SSSR count). The Kier molecular flexibility index (Phi) is 4.67. The van der Waals surface area contributed by atoms with Crippen LogP contribution in [0.15, 0.2) is 60.8 Å². The minimum Gasteiger partial charge on any atom is -0.322 e. The van der Waals surface area contributed by atoms with Gasteiger partial charge in [0.2, 0.25) is 0 Å². The van der Waals surface area contributed by atoms with Gasteiger partial charge >= 0.3 is 0 Å². The molecule has 2 heterocycles. The number of anilines is 1. The van der Waals surface area contributed by atoms with Crippen molar-refractivity contribution in [2.24, 2.45) is 0 Å². The quantitative estimate of drug-likeness (QED) is 0.581. The molecule has 2 aromatic carbocycles. The number of aryl methyl sites for hydroxylation is 1. The molecule has 8 heteroatoms. The number of nitrogens with one attached hydrogen (secondary N) is 1. The molecule has 1 amide bonds. The summed E-state index contributed by atoms with van der Waals surface area (Å²) in [5.74, 6) is 0.463. The number of nitrogens with zero attached hydrogens (tertiary/aromatic N) is 6. The Balaban J connectivity index is 1.61. The normalized spacial score (nSPS) is 10.8. The molecule has 0 aliphatic rings. The molecule has 0 aliphatic carbocycles. The number of hydrogen-bond acceptors (Lipinski definition) is 5. The number of hydrogen-bond donors (Lipinski definition) is 1. The summed E-state index contributed by atoms with van der Waals surface area (Å²) in [5.41, 5.74) is 3.77. The summed E-state index contributed by atoms with van der Waals surface area (Å²) >= 11 is 0. The molecule has 0 aliphatic heterocycles. The predicted molar refractivity (Wildman–Crippen MR) is 105 cm³/mol. The molecular formula is C20H19N7O. The average molecular weight is 373 g/mol. The lowest BCUT2D eigenvalue weighted by atomic mass is 10.1. The van der Waals surface area contributed by atoms with E-state index in [4.69, 9.17) is 0 Å². The lowest BCUT2D eigenvalue weighted by Gasteiger charge is -2.09. The van der Waals surface area contributed by atoms with Crippen LogP contribution in [0.1, 0.15) is 28.8 Å². The summed E-state index contributed by atoms with van der Waals surface area (Å²) in [5, 5.41) is 18.9. The number of carbonyl (C=O) groups is 1. The van der Waals surface area contributed by atoms with Crippen molar-refractivity contribution in [2.75, 3.05) is 5.32 Å². The van der Waals surface area contributed by atoms with Crippen LogP contribution >= 0.6 is 0 Å². The van der Waals surface area contributed by atoms with Gasteiger partial charge in [0.1, 0.15) is 0 Å². The molecule has 0 fully saturated rings. The number of para-hydroxylation sites is 1. The van der Waals surface area contributed by atoms with E-state index in [9.17, 15) is 4.79 Å². The summed E-state index contributed by atoms with van der Waals surface area (Å²) in [6.07, 6.45) is 2.29. The van der Waals surface area contributed by atoms with E-state index in [0.29, 0.717) is 23.5 Å². The van der Waals surface area contributed by atoms with Crippen LogP contribution in [-0.2, 0) is 6.42 Å². The Morgan fingerprint density at radius 2 is 1.82 bits per heavy atom. The molecule has 8 nitrogen and oxygen atoms in total. The van der Waals surface area contributed by atoms with Gasteiger partial charge < -0.3 is 5.32 Å². The maximum absolute atomic E-state index is 12.9. The maximum Gasteiger partial charge on any atom is 0.259 e. The smallest absolute Gasteiger partial charge is 0.259 e. The van der Waals surface area contributed by atoms with E-state index in [1.807, 2.05) is 68.4 Å². The zero-order valence-corrected chi connectivity index (χ0v) is 15.6. The largest absolute Gasteiger partial charge is 0.322 e. The number of carbonyl (C=O) groups excluding carboxylic acids is 1. The third-order valence-corrected chi connectivity index (χ3v) is 4.42. The molecule has 0 saturated carbocycles. The zero-order chi connectivity index (χ0) is 19.5. The molecule has 140 valence electrons. The fraction of sp³-hybridized carbons (Fsp3) is 0.150. The van der Waals surface area contributed by atoms with Crippen LogP contribution in [0.4, 0.5) is 5.69 Å². The van der Waals surface area contributed by atoms with Gasteiger partial charge in [0.05, 0.1) is 28.8 Å². The monoisotopic (exact) mass is 373 g/mol. The van der Waals surface area contributed by atoms with E-state index in [1.54, 1.807) is 15.6 Å². The molecule has 28 heavy (non-hydrogen) atoms. The number of amides is 1. The predicted octanol–water partition coefficient (Wildman–Crippen LogP) is 2.97. The van der Waals surface area contributed by atoms with Gasteiger partial charge in [-0.15, -0.1) is 5.10 Å². The minimum absolute atomic E-state index is 0.204. The van der Waals surface area contributed by atoms with Crippen molar-refractivity contribution in [3.8, 4) is 11.4 Å². The van der Waals surface area contributed by atoms with Crippen molar-refractivity contribution >= 4 is 11.6 Å². The number of tetrazole rings is 1. The number of benzene rings is 2. The van der Waals surface area contributed by atoms with Gasteiger partial charge in [0.15, 0.2) is 5.82 Å². The fourth-order valence-corrected chi connectivity index (χ4v) is 3.08. The molecule has 0 atom stereocenters. The summed E-state index contributed by atoms with van der Waals surface area (Å²) in [4.78, 5) is 12.9. The third-order valence-electron chi connectivity index (χ3n) is 4.42. The number of aromatic nitrogens is 6. The number of rotatable bonds is 5. The molecule has 4 aromatic rings. The van der Waals surface area contributed by atoms with Crippen molar-refractivity contribution in [1.82, 2.24) is 30.0 Å². The van der Waals surface area contributed by atoms with Crippen LogP contribution in [0, 0.1) is 6.92 Å². The average Bonchev–Trinajstić information content (AvgIpc) is 3.35. The van der Waals surface area contributed by atoms with Crippen LogP contribution < -0.4 is 5.32 Å². The van der Waals surface area contributed by atoms with E-state index >= 15 is 0 Å². The highest BCUT2D eigenvalue weighted by atomic mass is 16.1. The highest BCUT2D eigenvalue weighted by Gasteiger charge is 2.17. The van der Waals surface area contributed by atoms with E-state index in [2.05, 4.69) is 25.9 Å². The molecule has 0 unspecified atom stereocenters. The van der Waals surface area contributed by atoms with Crippen LogP contribution in [0.25, 0.3) is 11.4 Å².